The lowest BCUT2D eigenvalue weighted by Gasteiger charge is -2.09. The molecular formula is C46H26N4OS2. The number of aromatic nitrogens is 4. The van der Waals surface area contributed by atoms with Crippen LogP contribution in [0.4, 0.5) is 0 Å². The summed E-state index contributed by atoms with van der Waals surface area (Å²) in [6.45, 7) is 0. The van der Waals surface area contributed by atoms with Gasteiger partial charge in [0.15, 0.2) is 17.5 Å². The minimum Gasteiger partial charge on any atom is -0.455 e. The van der Waals surface area contributed by atoms with E-state index in [1.807, 2.05) is 48.5 Å². The van der Waals surface area contributed by atoms with E-state index < -0.39 is 0 Å². The molecule has 248 valence electrons. The molecule has 0 aliphatic heterocycles. The Kier molecular flexibility index (Phi) is 6.83. The van der Waals surface area contributed by atoms with Crippen molar-refractivity contribution >= 4 is 75.0 Å². The number of hydrogen-bond acceptors (Lipinski definition) is 7. The van der Waals surface area contributed by atoms with Gasteiger partial charge in [-0.3, -0.25) is 0 Å². The van der Waals surface area contributed by atoms with E-state index in [1.54, 1.807) is 22.7 Å². The molecule has 0 atom stereocenters. The first kappa shape index (κ1) is 30.1. The van der Waals surface area contributed by atoms with Crippen molar-refractivity contribution in [3.63, 3.8) is 0 Å². The van der Waals surface area contributed by atoms with Gasteiger partial charge in [0.05, 0.1) is 10.2 Å². The van der Waals surface area contributed by atoms with Crippen molar-refractivity contribution in [1.82, 2.24) is 19.9 Å². The van der Waals surface area contributed by atoms with E-state index in [-0.39, 0.29) is 0 Å². The first-order valence-corrected chi connectivity index (χ1v) is 19.0. The molecule has 0 bridgehead atoms. The van der Waals surface area contributed by atoms with Gasteiger partial charge in [-0.05, 0) is 42.0 Å². The summed E-state index contributed by atoms with van der Waals surface area (Å²) in [5.41, 5.74) is 8.56. The lowest BCUT2D eigenvalue weighted by molar-refractivity contribution is 0.670. The molecule has 0 N–H and O–H groups in total. The highest BCUT2D eigenvalue weighted by atomic mass is 32.1. The fourth-order valence-electron chi connectivity index (χ4n) is 7.28. The second kappa shape index (κ2) is 12.0. The molecule has 53 heavy (non-hydrogen) atoms. The Morgan fingerprint density at radius 1 is 0.396 bits per heavy atom. The second-order valence-electron chi connectivity index (χ2n) is 13.0. The van der Waals surface area contributed by atoms with Gasteiger partial charge < -0.3 is 4.42 Å². The van der Waals surface area contributed by atoms with E-state index in [2.05, 4.69) is 109 Å². The highest BCUT2D eigenvalue weighted by Crippen LogP contribution is 2.42. The Bertz CT molecular complexity index is 3160. The Hall–Kier alpha value is -6.54. The predicted molar refractivity (Wildman–Crippen MR) is 220 cm³/mol. The summed E-state index contributed by atoms with van der Waals surface area (Å²) in [5.74, 6) is 1.85. The maximum absolute atomic E-state index is 6.72. The first-order chi connectivity index (χ1) is 26.2. The van der Waals surface area contributed by atoms with Crippen LogP contribution in [0.15, 0.2) is 162 Å². The van der Waals surface area contributed by atoms with Crippen molar-refractivity contribution in [3.05, 3.63) is 158 Å². The van der Waals surface area contributed by atoms with E-state index in [4.69, 9.17) is 24.4 Å². The van der Waals surface area contributed by atoms with Crippen molar-refractivity contribution < 1.29 is 4.42 Å². The summed E-state index contributed by atoms with van der Waals surface area (Å²) < 4.78 is 10.4. The second-order valence-corrected chi connectivity index (χ2v) is 15.1. The summed E-state index contributed by atoms with van der Waals surface area (Å²) >= 11 is 3.50. The molecule has 0 aliphatic carbocycles. The number of para-hydroxylation sites is 2. The van der Waals surface area contributed by atoms with Gasteiger partial charge in [0.25, 0.3) is 0 Å². The molecule has 4 heterocycles. The van der Waals surface area contributed by atoms with Gasteiger partial charge in [0.1, 0.15) is 16.2 Å². The van der Waals surface area contributed by atoms with Gasteiger partial charge >= 0.3 is 0 Å². The van der Waals surface area contributed by atoms with E-state index in [1.165, 1.54) is 24.9 Å². The minimum atomic E-state index is 0.599. The zero-order valence-corrected chi connectivity index (χ0v) is 29.7. The van der Waals surface area contributed by atoms with Crippen molar-refractivity contribution in [2.45, 2.75) is 0 Å². The molecule has 0 radical (unpaired) electrons. The van der Waals surface area contributed by atoms with Crippen LogP contribution < -0.4 is 0 Å². The molecule has 4 aromatic heterocycles. The third-order valence-corrected chi connectivity index (χ3v) is 12.0. The van der Waals surface area contributed by atoms with Gasteiger partial charge in [0.2, 0.25) is 0 Å². The summed E-state index contributed by atoms with van der Waals surface area (Å²) in [6.07, 6.45) is 0. The van der Waals surface area contributed by atoms with Crippen molar-refractivity contribution in [3.8, 4) is 55.9 Å². The normalized spacial score (nSPS) is 11.8. The monoisotopic (exact) mass is 714 g/mol. The maximum Gasteiger partial charge on any atom is 0.164 e. The number of furan rings is 1. The molecular weight excluding hydrogens is 689 g/mol. The lowest BCUT2D eigenvalue weighted by atomic mass is 9.99. The molecule has 5 nitrogen and oxygen atoms in total. The van der Waals surface area contributed by atoms with Gasteiger partial charge in [-0.2, -0.15) is 0 Å². The number of thiazole rings is 1. The Balaban J connectivity index is 1.08. The smallest absolute Gasteiger partial charge is 0.164 e. The van der Waals surface area contributed by atoms with Crippen LogP contribution in [0.1, 0.15) is 0 Å². The van der Waals surface area contributed by atoms with Crippen LogP contribution in [0.5, 0.6) is 0 Å². The highest BCUT2D eigenvalue weighted by Gasteiger charge is 2.20. The Morgan fingerprint density at radius 2 is 1.08 bits per heavy atom. The van der Waals surface area contributed by atoms with E-state index >= 15 is 0 Å². The SMILES string of the molecule is c1ccc(-c2nc(-c3ccc4c(c3)sc3ccccc34)nc(-c3cccc4oc5c(-c6cccc(-c7nc8ccccc8s7)c6)cccc5c34)n2)cc1. The molecule has 11 rings (SSSR count). The molecule has 7 aromatic carbocycles. The van der Waals surface area contributed by atoms with Gasteiger partial charge in [-0.15, -0.1) is 22.7 Å². The van der Waals surface area contributed by atoms with Gasteiger partial charge in [0, 0.05) is 58.8 Å². The van der Waals surface area contributed by atoms with Crippen LogP contribution in [0.2, 0.25) is 0 Å². The molecule has 0 saturated heterocycles. The summed E-state index contributed by atoms with van der Waals surface area (Å²) in [7, 11) is 0. The summed E-state index contributed by atoms with van der Waals surface area (Å²) in [4.78, 5) is 20.2. The summed E-state index contributed by atoms with van der Waals surface area (Å²) in [5, 5.41) is 5.49. The Labute approximate surface area is 311 Å². The van der Waals surface area contributed by atoms with Crippen LogP contribution >= 0.6 is 22.7 Å². The minimum absolute atomic E-state index is 0.599. The van der Waals surface area contributed by atoms with Crippen LogP contribution in [0, 0.1) is 0 Å². The van der Waals surface area contributed by atoms with Gasteiger partial charge in [-0.25, -0.2) is 19.9 Å². The number of benzene rings is 7. The Morgan fingerprint density at radius 3 is 1.98 bits per heavy atom. The lowest BCUT2D eigenvalue weighted by Crippen LogP contribution is -2.00. The number of fused-ring (bicyclic) bond motifs is 7. The number of rotatable bonds is 5. The fourth-order valence-corrected chi connectivity index (χ4v) is 9.39. The summed E-state index contributed by atoms with van der Waals surface area (Å²) in [6, 6.07) is 54.5. The first-order valence-electron chi connectivity index (χ1n) is 17.4. The standard InChI is InChI=1S/C46H26N4OS2/c1-2-11-27(12-3-1)43-48-44(29-23-24-33-32-15-4-6-21-38(32)52-40(33)26-29)50-45(49-43)35-18-10-20-37-41(35)34-17-9-16-31(42(34)51-37)28-13-8-14-30(25-28)46-47-36-19-5-7-22-39(36)53-46/h1-26H. The molecule has 0 aliphatic rings. The topological polar surface area (TPSA) is 64.7 Å². The van der Waals surface area contributed by atoms with Gasteiger partial charge in [-0.1, -0.05) is 121 Å². The van der Waals surface area contributed by atoms with Crippen molar-refractivity contribution in [2.24, 2.45) is 0 Å². The molecule has 0 amide bonds. The predicted octanol–water partition coefficient (Wildman–Crippen LogP) is 13.1. The average molecular weight is 715 g/mol. The van der Waals surface area contributed by atoms with Crippen LogP contribution in [-0.4, -0.2) is 19.9 Å². The number of nitrogens with zero attached hydrogens (tertiary/aromatic N) is 4. The van der Waals surface area contributed by atoms with Crippen molar-refractivity contribution in [1.29, 1.82) is 0 Å². The third-order valence-electron chi connectivity index (χ3n) is 9.78. The molecule has 7 heteroatoms. The molecule has 0 fully saturated rings. The third kappa shape index (κ3) is 5.04. The fraction of sp³-hybridized carbons (Fsp3) is 0. The van der Waals surface area contributed by atoms with Crippen LogP contribution in [0.25, 0.3) is 108 Å². The van der Waals surface area contributed by atoms with Crippen LogP contribution in [0.3, 0.4) is 0 Å². The highest BCUT2D eigenvalue weighted by molar-refractivity contribution is 7.25. The number of thiophene rings is 1. The largest absolute Gasteiger partial charge is 0.455 e. The van der Waals surface area contributed by atoms with E-state index in [9.17, 15) is 0 Å². The average Bonchev–Trinajstić information content (AvgIpc) is 3.94. The van der Waals surface area contributed by atoms with Crippen molar-refractivity contribution in [2.75, 3.05) is 0 Å². The molecule has 0 unspecified atom stereocenters. The quantitative estimate of drug-likeness (QED) is 0.178. The molecule has 0 spiro atoms. The van der Waals surface area contributed by atoms with E-state index in [0.29, 0.717) is 17.5 Å². The molecule has 0 saturated carbocycles. The number of hydrogen-bond donors (Lipinski definition) is 0. The maximum atomic E-state index is 6.72. The van der Waals surface area contributed by atoms with E-state index in [0.717, 1.165) is 65.8 Å². The molecule has 11 aromatic rings. The zero-order valence-electron chi connectivity index (χ0n) is 28.0. The van der Waals surface area contributed by atoms with Crippen LogP contribution in [-0.2, 0) is 0 Å². The zero-order chi connectivity index (χ0) is 34.9.